The predicted octanol–water partition coefficient (Wildman–Crippen LogP) is 4.90. The van der Waals surface area contributed by atoms with Crippen molar-refractivity contribution in [2.24, 2.45) is 0 Å². The first-order valence-electron chi connectivity index (χ1n) is 10.0. The lowest BCUT2D eigenvalue weighted by Gasteiger charge is -2.16. The molecule has 5 nitrogen and oxygen atoms in total. The lowest BCUT2D eigenvalue weighted by molar-refractivity contribution is -0.114. The van der Waals surface area contributed by atoms with E-state index < -0.39 is 5.91 Å². The van der Waals surface area contributed by atoms with Crippen molar-refractivity contribution in [3.8, 4) is 6.07 Å². The van der Waals surface area contributed by atoms with Crippen LogP contribution in [-0.2, 0) is 9.59 Å². The Morgan fingerprint density at radius 2 is 1.77 bits per heavy atom. The fourth-order valence-electron chi connectivity index (χ4n) is 3.80. The number of rotatable bonds is 5. The second-order valence-electron chi connectivity index (χ2n) is 7.17. The number of nitrogens with one attached hydrogen (secondary N) is 1. The number of carbonyl (C=O) groups is 2. The number of carbonyl (C=O) groups excluding carboxylic acids is 2. The highest BCUT2D eigenvalue weighted by Gasteiger charge is 2.36. The van der Waals surface area contributed by atoms with Crippen molar-refractivity contribution >= 4 is 39.5 Å². The van der Waals surface area contributed by atoms with Gasteiger partial charge >= 0.3 is 0 Å². The fourth-order valence-corrected chi connectivity index (χ4v) is 3.80. The van der Waals surface area contributed by atoms with Gasteiger partial charge in [0.05, 0.1) is 11.3 Å². The van der Waals surface area contributed by atoms with Crippen LogP contribution >= 0.6 is 0 Å². The third-order valence-electron chi connectivity index (χ3n) is 5.29. The number of fused-ring (bicyclic) bond motifs is 2. The van der Waals surface area contributed by atoms with Gasteiger partial charge in [-0.2, -0.15) is 5.26 Å². The van der Waals surface area contributed by atoms with Crippen LogP contribution in [0.4, 0.5) is 11.4 Å². The van der Waals surface area contributed by atoms with Crippen molar-refractivity contribution < 1.29 is 9.59 Å². The number of para-hydroxylation sites is 1. The van der Waals surface area contributed by atoms with Crippen LogP contribution in [0.15, 0.2) is 72.3 Å². The summed E-state index contributed by atoms with van der Waals surface area (Å²) < 4.78 is 0. The van der Waals surface area contributed by atoms with Gasteiger partial charge in [-0.05, 0) is 23.9 Å². The molecule has 4 rings (SSSR count). The van der Waals surface area contributed by atoms with E-state index in [2.05, 4.69) is 12.2 Å². The quantitative estimate of drug-likeness (QED) is 0.493. The van der Waals surface area contributed by atoms with Crippen molar-refractivity contribution in [2.75, 3.05) is 16.8 Å². The number of hydrogen-bond acceptors (Lipinski definition) is 3. The van der Waals surface area contributed by atoms with Crippen LogP contribution in [-0.4, -0.2) is 18.4 Å². The molecule has 1 aliphatic rings. The van der Waals surface area contributed by atoms with Gasteiger partial charge in [0.25, 0.3) is 11.8 Å². The van der Waals surface area contributed by atoms with Crippen molar-refractivity contribution in [2.45, 2.75) is 19.8 Å². The minimum atomic E-state index is -0.579. The molecular weight excluding hydrogens is 374 g/mol. The van der Waals surface area contributed by atoms with Gasteiger partial charge in [0.15, 0.2) is 0 Å². The molecule has 0 bridgehead atoms. The fraction of sp³-hybridized carbons (Fsp3) is 0.160. The lowest BCUT2D eigenvalue weighted by atomic mass is 10.0. The second-order valence-corrected chi connectivity index (χ2v) is 7.17. The van der Waals surface area contributed by atoms with Gasteiger partial charge in [0, 0.05) is 23.2 Å². The maximum Gasteiger partial charge on any atom is 0.267 e. The van der Waals surface area contributed by atoms with E-state index >= 15 is 0 Å². The van der Waals surface area contributed by atoms with Gasteiger partial charge in [-0.1, -0.05) is 67.9 Å². The van der Waals surface area contributed by atoms with Crippen molar-refractivity contribution in [3.05, 3.63) is 77.9 Å². The molecule has 0 aromatic heterocycles. The molecule has 0 atom stereocenters. The Labute approximate surface area is 175 Å². The van der Waals surface area contributed by atoms with Gasteiger partial charge in [-0.3, -0.25) is 9.59 Å². The standard InChI is InChI=1S/C25H21N3O2/c1-2-3-15-28-22-14-7-6-12-19(22)23(25(28)30)20(16-26)24(29)27-21-13-8-10-17-9-4-5-11-18(17)21/h4-14H,2-3,15H2,1H3,(H,27,29). The number of unbranched alkanes of at least 4 members (excludes halogenated alkanes) is 1. The van der Waals surface area contributed by atoms with Gasteiger partial charge in [-0.15, -0.1) is 0 Å². The summed E-state index contributed by atoms with van der Waals surface area (Å²) in [6.45, 7) is 2.61. The highest BCUT2D eigenvalue weighted by Crippen LogP contribution is 2.38. The molecule has 1 aliphatic heterocycles. The zero-order valence-electron chi connectivity index (χ0n) is 16.7. The minimum absolute atomic E-state index is 0.167. The molecule has 5 heteroatoms. The molecule has 3 aromatic rings. The van der Waals surface area contributed by atoms with E-state index in [4.69, 9.17) is 0 Å². The number of nitrogens with zero attached hydrogens (tertiary/aromatic N) is 2. The van der Waals surface area contributed by atoms with Crippen molar-refractivity contribution in [3.63, 3.8) is 0 Å². The van der Waals surface area contributed by atoms with E-state index in [1.807, 2.05) is 60.7 Å². The summed E-state index contributed by atoms with van der Waals surface area (Å²) in [5.74, 6) is -0.876. The number of hydrogen-bond donors (Lipinski definition) is 1. The average molecular weight is 395 g/mol. The van der Waals surface area contributed by atoms with E-state index in [9.17, 15) is 14.9 Å². The smallest absolute Gasteiger partial charge is 0.267 e. The third kappa shape index (κ3) is 3.33. The first kappa shape index (κ1) is 19.4. The van der Waals surface area contributed by atoms with E-state index in [0.29, 0.717) is 17.8 Å². The first-order valence-corrected chi connectivity index (χ1v) is 10.0. The highest BCUT2D eigenvalue weighted by atomic mass is 16.2. The first-order chi connectivity index (χ1) is 14.7. The number of benzene rings is 3. The summed E-state index contributed by atoms with van der Waals surface area (Å²) in [7, 11) is 0. The normalized spacial score (nSPS) is 14.4. The zero-order valence-corrected chi connectivity index (χ0v) is 16.7. The van der Waals surface area contributed by atoms with Crippen LogP contribution in [0.5, 0.6) is 0 Å². The molecule has 0 aliphatic carbocycles. The molecule has 1 N–H and O–H groups in total. The van der Waals surface area contributed by atoms with Crippen molar-refractivity contribution in [1.29, 1.82) is 5.26 Å². The molecule has 0 radical (unpaired) electrons. The van der Waals surface area contributed by atoms with Crippen LogP contribution in [0, 0.1) is 11.3 Å². The van der Waals surface area contributed by atoms with Gasteiger partial charge in [0.2, 0.25) is 0 Å². The Morgan fingerprint density at radius 3 is 2.57 bits per heavy atom. The third-order valence-corrected chi connectivity index (χ3v) is 5.29. The molecule has 148 valence electrons. The topological polar surface area (TPSA) is 73.2 Å². The van der Waals surface area contributed by atoms with Crippen LogP contribution in [0.3, 0.4) is 0 Å². The Bertz CT molecular complexity index is 1220. The van der Waals surface area contributed by atoms with E-state index in [0.717, 1.165) is 29.3 Å². The number of nitriles is 1. The van der Waals surface area contributed by atoms with Crippen molar-refractivity contribution in [1.82, 2.24) is 0 Å². The SMILES string of the molecule is CCCCN1C(=O)C(=C(C#N)C(=O)Nc2cccc3ccccc23)c2ccccc21. The summed E-state index contributed by atoms with van der Waals surface area (Å²) in [5, 5.41) is 14.5. The summed E-state index contributed by atoms with van der Waals surface area (Å²) in [5.41, 5.74) is 1.98. The van der Waals surface area contributed by atoms with Crippen LogP contribution < -0.4 is 10.2 Å². The predicted molar refractivity (Wildman–Crippen MR) is 119 cm³/mol. The maximum atomic E-state index is 13.2. The summed E-state index contributed by atoms with van der Waals surface area (Å²) in [6, 6.07) is 22.6. The molecule has 0 saturated heterocycles. The largest absolute Gasteiger partial charge is 0.321 e. The van der Waals surface area contributed by atoms with Gasteiger partial charge in [0.1, 0.15) is 11.6 Å². The molecule has 30 heavy (non-hydrogen) atoms. The maximum absolute atomic E-state index is 13.2. The Kier molecular flexibility index (Phi) is 5.32. The van der Waals surface area contributed by atoms with E-state index in [1.54, 1.807) is 17.0 Å². The molecular formula is C25H21N3O2. The van der Waals surface area contributed by atoms with Crippen LogP contribution in [0.2, 0.25) is 0 Å². The Balaban J connectivity index is 1.76. The lowest BCUT2D eigenvalue weighted by Crippen LogP contribution is -2.28. The van der Waals surface area contributed by atoms with Gasteiger partial charge in [-0.25, -0.2) is 0 Å². The van der Waals surface area contributed by atoms with Crippen LogP contribution in [0.1, 0.15) is 25.3 Å². The zero-order chi connectivity index (χ0) is 21.1. The monoisotopic (exact) mass is 395 g/mol. The minimum Gasteiger partial charge on any atom is -0.321 e. The van der Waals surface area contributed by atoms with Crippen LogP contribution in [0.25, 0.3) is 16.3 Å². The Morgan fingerprint density at radius 1 is 1.03 bits per heavy atom. The molecule has 3 aromatic carbocycles. The number of anilines is 2. The molecule has 0 fully saturated rings. The highest BCUT2D eigenvalue weighted by molar-refractivity contribution is 6.38. The molecule has 1 heterocycles. The van der Waals surface area contributed by atoms with E-state index in [-0.39, 0.29) is 17.1 Å². The van der Waals surface area contributed by atoms with Gasteiger partial charge < -0.3 is 10.2 Å². The summed E-state index contributed by atoms with van der Waals surface area (Å²) >= 11 is 0. The molecule has 0 unspecified atom stereocenters. The second kappa shape index (κ2) is 8.22. The Hall–Kier alpha value is -3.91. The molecule has 0 spiro atoms. The summed E-state index contributed by atoms with van der Waals surface area (Å²) in [4.78, 5) is 27.9. The molecule has 2 amide bonds. The molecule has 0 saturated carbocycles. The average Bonchev–Trinajstić information content (AvgIpc) is 3.05. The number of amides is 2. The van der Waals surface area contributed by atoms with E-state index in [1.165, 1.54) is 0 Å². The summed E-state index contributed by atoms with van der Waals surface area (Å²) in [6.07, 6.45) is 1.79.